The number of anilines is 1. The molecule has 0 bridgehead atoms. The zero-order valence-electron chi connectivity index (χ0n) is 14.8. The molecule has 0 aliphatic carbocycles. The maximum Gasteiger partial charge on any atom is 0.243 e. The molecule has 1 amide bonds. The van der Waals surface area contributed by atoms with Crippen molar-refractivity contribution in [3.8, 4) is 0 Å². The van der Waals surface area contributed by atoms with E-state index in [1.165, 1.54) is 10.4 Å². The van der Waals surface area contributed by atoms with Crippen LogP contribution >= 0.6 is 23.2 Å². The van der Waals surface area contributed by atoms with Crippen molar-refractivity contribution in [3.05, 3.63) is 58.1 Å². The van der Waals surface area contributed by atoms with E-state index in [2.05, 4.69) is 5.32 Å². The van der Waals surface area contributed by atoms with Crippen LogP contribution in [0.1, 0.15) is 24.8 Å². The van der Waals surface area contributed by atoms with E-state index in [0.29, 0.717) is 28.7 Å². The third kappa shape index (κ3) is 4.46. The van der Waals surface area contributed by atoms with Gasteiger partial charge >= 0.3 is 0 Å². The van der Waals surface area contributed by atoms with Crippen molar-refractivity contribution >= 4 is 44.8 Å². The van der Waals surface area contributed by atoms with Crippen molar-refractivity contribution in [2.24, 2.45) is 0 Å². The van der Waals surface area contributed by atoms with Gasteiger partial charge in [0.25, 0.3) is 0 Å². The summed E-state index contributed by atoms with van der Waals surface area (Å²) in [7, 11) is -3.76. The van der Waals surface area contributed by atoms with Gasteiger partial charge in [-0.3, -0.25) is 4.79 Å². The van der Waals surface area contributed by atoms with Gasteiger partial charge in [0.15, 0.2) is 0 Å². The number of carbonyl (C=O) groups is 1. The monoisotopic (exact) mass is 426 g/mol. The number of amides is 1. The molecule has 144 valence electrons. The van der Waals surface area contributed by atoms with E-state index < -0.39 is 22.0 Å². The summed E-state index contributed by atoms with van der Waals surface area (Å²) in [4.78, 5) is 13.0. The van der Waals surface area contributed by atoms with Gasteiger partial charge in [0, 0.05) is 11.6 Å². The second-order valence-electron chi connectivity index (χ2n) is 6.55. The number of rotatable bonds is 4. The second-order valence-corrected chi connectivity index (χ2v) is 9.29. The van der Waals surface area contributed by atoms with Crippen LogP contribution in [0.25, 0.3) is 0 Å². The highest BCUT2D eigenvalue weighted by atomic mass is 35.5. The van der Waals surface area contributed by atoms with Crippen LogP contribution < -0.4 is 5.32 Å². The molecule has 0 saturated carbocycles. The molecule has 0 radical (unpaired) electrons. The first-order valence-electron chi connectivity index (χ1n) is 8.63. The molecule has 1 atom stereocenters. The molecule has 8 heteroatoms. The molecule has 1 heterocycles. The zero-order chi connectivity index (χ0) is 19.6. The molecule has 5 nitrogen and oxygen atoms in total. The number of carbonyl (C=O) groups excluding carboxylic acids is 1. The van der Waals surface area contributed by atoms with E-state index in [1.54, 1.807) is 36.4 Å². The molecule has 3 rings (SSSR count). The lowest BCUT2D eigenvalue weighted by atomic mass is 10.0. The predicted octanol–water partition coefficient (Wildman–Crippen LogP) is 4.48. The Morgan fingerprint density at radius 1 is 1.11 bits per heavy atom. The number of hydrogen-bond acceptors (Lipinski definition) is 3. The number of hydrogen-bond donors (Lipinski definition) is 1. The van der Waals surface area contributed by atoms with Crippen LogP contribution in [0.3, 0.4) is 0 Å². The molecule has 1 fully saturated rings. The van der Waals surface area contributed by atoms with Crippen molar-refractivity contribution in [2.45, 2.75) is 37.1 Å². The quantitative estimate of drug-likeness (QED) is 0.782. The molecule has 0 unspecified atom stereocenters. The summed E-state index contributed by atoms with van der Waals surface area (Å²) in [6, 6.07) is 10.6. The number of benzene rings is 2. The number of nitrogens with one attached hydrogen (secondary N) is 1. The highest BCUT2D eigenvalue weighted by Crippen LogP contribution is 2.29. The van der Waals surface area contributed by atoms with Gasteiger partial charge in [0.2, 0.25) is 15.9 Å². The van der Waals surface area contributed by atoms with E-state index in [9.17, 15) is 13.2 Å². The highest BCUT2D eigenvalue weighted by molar-refractivity contribution is 7.89. The molecular formula is C19H20Cl2N2O3S. The summed E-state index contributed by atoms with van der Waals surface area (Å²) in [6.07, 6.45) is 1.96. The molecule has 27 heavy (non-hydrogen) atoms. The first kappa shape index (κ1) is 20.1. The normalized spacial score (nSPS) is 18.3. The maximum absolute atomic E-state index is 13.1. The average molecular weight is 427 g/mol. The SMILES string of the molecule is Cc1ccc(S(=O)(=O)N2CCCC[C@@H]2C(=O)Nc2ccc(Cl)cc2Cl)cc1. The summed E-state index contributed by atoms with van der Waals surface area (Å²) in [5.41, 5.74) is 1.38. The Morgan fingerprint density at radius 3 is 2.48 bits per heavy atom. The van der Waals surface area contributed by atoms with Crippen molar-refractivity contribution < 1.29 is 13.2 Å². The Hall–Kier alpha value is -1.60. The number of sulfonamides is 1. The molecule has 1 N–H and O–H groups in total. The lowest BCUT2D eigenvalue weighted by molar-refractivity contribution is -0.120. The van der Waals surface area contributed by atoms with Gasteiger partial charge in [0.1, 0.15) is 6.04 Å². The fourth-order valence-corrected chi connectivity index (χ4v) is 5.22. The summed E-state index contributed by atoms with van der Waals surface area (Å²) >= 11 is 12.0. The fourth-order valence-electron chi connectivity index (χ4n) is 3.11. The summed E-state index contributed by atoms with van der Waals surface area (Å²) in [5, 5.41) is 3.50. The summed E-state index contributed by atoms with van der Waals surface area (Å²) in [6.45, 7) is 2.20. The summed E-state index contributed by atoms with van der Waals surface area (Å²) < 4.78 is 27.5. The number of nitrogens with zero attached hydrogens (tertiary/aromatic N) is 1. The molecule has 0 aromatic heterocycles. The lowest BCUT2D eigenvalue weighted by Gasteiger charge is -2.33. The van der Waals surface area contributed by atoms with Crippen LogP contribution in [-0.2, 0) is 14.8 Å². The molecular weight excluding hydrogens is 407 g/mol. The zero-order valence-corrected chi connectivity index (χ0v) is 17.1. The Morgan fingerprint density at radius 2 is 1.81 bits per heavy atom. The van der Waals surface area contributed by atoms with Crippen LogP contribution in [0, 0.1) is 6.92 Å². The number of piperidine rings is 1. The van der Waals surface area contributed by atoms with E-state index in [1.807, 2.05) is 6.92 Å². The van der Waals surface area contributed by atoms with Crippen LogP contribution in [-0.4, -0.2) is 31.2 Å². The third-order valence-electron chi connectivity index (χ3n) is 4.57. The van der Waals surface area contributed by atoms with Gasteiger partial charge in [-0.1, -0.05) is 47.3 Å². The Balaban J connectivity index is 1.86. The number of halogens is 2. The van der Waals surface area contributed by atoms with Gasteiger partial charge in [-0.2, -0.15) is 4.31 Å². The lowest BCUT2D eigenvalue weighted by Crippen LogP contribution is -2.49. The van der Waals surface area contributed by atoms with Gasteiger partial charge < -0.3 is 5.32 Å². The molecule has 1 saturated heterocycles. The fraction of sp³-hybridized carbons (Fsp3) is 0.316. The number of aryl methyl sites for hydroxylation is 1. The predicted molar refractivity (Wildman–Crippen MR) is 108 cm³/mol. The Labute approximate surface area is 169 Å². The molecule has 2 aromatic carbocycles. The van der Waals surface area contributed by atoms with Crippen LogP contribution in [0.5, 0.6) is 0 Å². The first-order chi connectivity index (χ1) is 12.8. The van der Waals surface area contributed by atoms with E-state index in [-0.39, 0.29) is 4.90 Å². The highest BCUT2D eigenvalue weighted by Gasteiger charge is 2.37. The molecule has 1 aliphatic heterocycles. The van der Waals surface area contributed by atoms with Crippen LogP contribution in [0.15, 0.2) is 47.4 Å². The average Bonchev–Trinajstić information content (AvgIpc) is 2.64. The largest absolute Gasteiger partial charge is 0.323 e. The van der Waals surface area contributed by atoms with Gasteiger partial charge in [-0.25, -0.2) is 8.42 Å². The molecule has 2 aromatic rings. The molecule has 1 aliphatic rings. The Bertz CT molecular complexity index is 946. The van der Waals surface area contributed by atoms with Gasteiger partial charge in [-0.05, 0) is 50.1 Å². The second kappa shape index (κ2) is 8.19. The first-order valence-corrected chi connectivity index (χ1v) is 10.8. The van der Waals surface area contributed by atoms with E-state index in [4.69, 9.17) is 23.2 Å². The minimum Gasteiger partial charge on any atom is -0.323 e. The smallest absolute Gasteiger partial charge is 0.243 e. The summed E-state index contributed by atoms with van der Waals surface area (Å²) in [5.74, 6) is -0.394. The van der Waals surface area contributed by atoms with E-state index in [0.717, 1.165) is 18.4 Å². The minimum absolute atomic E-state index is 0.192. The van der Waals surface area contributed by atoms with Crippen molar-refractivity contribution in [1.29, 1.82) is 0 Å². The minimum atomic E-state index is -3.76. The Kier molecular flexibility index (Phi) is 6.11. The van der Waals surface area contributed by atoms with Crippen LogP contribution in [0.4, 0.5) is 5.69 Å². The standard InChI is InChI=1S/C19H20Cl2N2O3S/c1-13-5-8-15(9-6-13)27(25,26)23-11-3-2-4-18(23)19(24)22-17-10-7-14(20)12-16(17)21/h5-10,12,18H,2-4,11H2,1H3,(H,22,24)/t18-/m1/s1. The van der Waals surface area contributed by atoms with Crippen molar-refractivity contribution in [3.63, 3.8) is 0 Å². The maximum atomic E-state index is 13.1. The topological polar surface area (TPSA) is 66.5 Å². The van der Waals surface area contributed by atoms with Crippen molar-refractivity contribution in [2.75, 3.05) is 11.9 Å². The van der Waals surface area contributed by atoms with Crippen LogP contribution in [0.2, 0.25) is 10.0 Å². The van der Waals surface area contributed by atoms with E-state index >= 15 is 0 Å². The van der Waals surface area contributed by atoms with Gasteiger partial charge in [-0.15, -0.1) is 0 Å². The molecule has 0 spiro atoms. The van der Waals surface area contributed by atoms with Crippen molar-refractivity contribution in [1.82, 2.24) is 4.31 Å². The van der Waals surface area contributed by atoms with Gasteiger partial charge in [0.05, 0.1) is 15.6 Å². The third-order valence-corrected chi connectivity index (χ3v) is 7.04.